The van der Waals surface area contributed by atoms with Crippen molar-refractivity contribution in [2.24, 2.45) is 11.3 Å². The van der Waals surface area contributed by atoms with Crippen LogP contribution in [0.15, 0.2) is 16.6 Å². The number of amides is 1. The monoisotopic (exact) mass is 328 g/mol. The van der Waals surface area contributed by atoms with Crippen LogP contribution in [0.4, 0.5) is 15.8 Å². The van der Waals surface area contributed by atoms with Crippen LogP contribution in [0, 0.1) is 17.2 Å². The molecule has 104 valence electrons. The molecule has 0 saturated heterocycles. The lowest BCUT2D eigenvalue weighted by atomic mass is 9.84. The fourth-order valence-electron chi connectivity index (χ4n) is 2.26. The second-order valence-electron chi connectivity index (χ2n) is 6.14. The van der Waals surface area contributed by atoms with Gasteiger partial charge < -0.3 is 10.6 Å². The van der Waals surface area contributed by atoms with Crippen LogP contribution in [0.5, 0.6) is 0 Å². The van der Waals surface area contributed by atoms with Gasteiger partial charge in [-0.1, -0.05) is 20.8 Å². The summed E-state index contributed by atoms with van der Waals surface area (Å²) in [6.07, 6.45) is 0.781. The van der Waals surface area contributed by atoms with Crippen molar-refractivity contribution in [3.8, 4) is 0 Å². The van der Waals surface area contributed by atoms with E-state index < -0.39 is 0 Å². The molecule has 1 amide bonds. The Kier molecular flexibility index (Phi) is 3.85. The Bertz CT molecular complexity index is 511. The first-order valence-corrected chi connectivity index (χ1v) is 7.09. The lowest BCUT2D eigenvalue weighted by molar-refractivity contribution is -0.120. The van der Waals surface area contributed by atoms with Gasteiger partial charge in [0, 0.05) is 12.6 Å². The maximum absolute atomic E-state index is 13.5. The average molecular weight is 329 g/mol. The predicted molar refractivity (Wildman–Crippen MR) is 78.8 cm³/mol. The second-order valence-corrected chi connectivity index (χ2v) is 7.00. The van der Waals surface area contributed by atoms with E-state index in [4.69, 9.17) is 0 Å². The fourth-order valence-corrected chi connectivity index (χ4v) is 2.60. The van der Waals surface area contributed by atoms with Gasteiger partial charge in [0.1, 0.15) is 5.82 Å². The van der Waals surface area contributed by atoms with E-state index in [1.165, 1.54) is 6.07 Å². The van der Waals surface area contributed by atoms with Crippen LogP contribution in [-0.4, -0.2) is 12.5 Å². The number of hydrogen-bond acceptors (Lipinski definition) is 2. The first kappa shape index (κ1) is 14.3. The van der Waals surface area contributed by atoms with Crippen LogP contribution < -0.4 is 10.6 Å². The maximum Gasteiger partial charge on any atom is 0.229 e. The standard InChI is InChI=1S/C14H18BrFN2O/c1-14(2,3)6-8-7-17-11-5-10(16)9(15)4-12(11)18-13(8)19/h4-5,8,17H,6-7H2,1-3H3,(H,18,19). The number of fused-ring (bicyclic) bond motifs is 1. The molecular weight excluding hydrogens is 311 g/mol. The van der Waals surface area contributed by atoms with Gasteiger partial charge in [0.25, 0.3) is 0 Å². The second kappa shape index (κ2) is 5.12. The lowest BCUT2D eigenvalue weighted by Crippen LogP contribution is -2.29. The third kappa shape index (κ3) is 3.47. The van der Waals surface area contributed by atoms with E-state index in [-0.39, 0.29) is 23.1 Å². The van der Waals surface area contributed by atoms with Crippen LogP contribution in [0.25, 0.3) is 0 Å². The normalized spacial score (nSPS) is 19.2. The topological polar surface area (TPSA) is 41.1 Å². The number of rotatable bonds is 1. The molecule has 1 heterocycles. The van der Waals surface area contributed by atoms with Gasteiger partial charge in [0.05, 0.1) is 21.8 Å². The summed E-state index contributed by atoms with van der Waals surface area (Å²) in [4.78, 5) is 12.2. The maximum atomic E-state index is 13.5. The van der Waals surface area contributed by atoms with E-state index in [2.05, 4.69) is 47.3 Å². The van der Waals surface area contributed by atoms with Crippen LogP contribution in [0.3, 0.4) is 0 Å². The van der Waals surface area contributed by atoms with Gasteiger partial charge in [0.2, 0.25) is 5.91 Å². The van der Waals surface area contributed by atoms with Crippen LogP contribution in [0.2, 0.25) is 0 Å². The molecule has 1 unspecified atom stereocenters. The molecule has 0 saturated carbocycles. The van der Waals surface area contributed by atoms with Gasteiger partial charge in [-0.15, -0.1) is 0 Å². The molecule has 1 aromatic carbocycles. The van der Waals surface area contributed by atoms with Gasteiger partial charge in [-0.3, -0.25) is 4.79 Å². The first-order valence-electron chi connectivity index (χ1n) is 6.30. The quantitative estimate of drug-likeness (QED) is 0.817. The summed E-state index contributed by atoms with van der Waals surface area (Å²) in [7, 11) is 0. The number of benzene rings is 1. The number of anilines is 2. The van der Waals surface area contributed by atoms with Gasteiger partial charge in [-0.25, -0.2) is 4.39 Å². The zero-order chi connectivity index (χ0) is 14.2. The Morgan fingerprint density at radius 1 is 1.37 bits per heavy atom. The predicted octanol–water partition coefficient (Wildman–Crippen LogP) is 4.00. The van der Waals surface area contributed by atoms with Crippen molar-refractivity contribution in [2.45, 2.75) is 27.2 Å². The van der Waals surface area contributed by atoms with E-state index in [1.54, 1.807) is 6.07 Å². The number of carbonyl (C=O) groups excluding carboxylic acids is 1. The number of halogens is 2. The highest BCUT2D eigenvalue weighted by atomic mass is 79.9. The van der Waals surface area contributed by atoms with Crippen molar-refractivity contribution < 1.29 is 9.18 Å². The van der Waals surface area contributed by atoms with Crippen LogP contribution >= 0.6 is 15.9 Å². The lowest BCUT2D eigenvalue weighted by Gasteiger charge is -2.23. The summed E-state index contributed by atoms with van der Waals surface area (Å²) in [6, 6.07) is 2.99. The summed E-state index contributed by atoms with van der Waals surface area (Å²) in [6.45, 7) is 6.84. The van der Waals surface area contributed by atoms with Gasteiger partial charge in [-0.05, 0) is 33.8 Å². The van der Waals surface area contributed by atoms with Crippen molar-refractivity contribution in [1.82, 2.24) is 0 Å². The number of carbonyl (C=O) groups is 1. The summed E-state index contributed by atoms with van der Waals surface area (Å²) in [5.41, 5.74) is 1.33. The smallest absolute Gasteiger partial charge is 0.229 e. The Morgan fingerprint density at radius 2 is 2.05 bits per heavy atom. The summed E-state index contributed by atoms with van der Waals surface area (Å²) in [5, 5.41) is 6.02. The molecule has 2 N–H and O–H groups in total. The van der Waals surface area contributed by atoms with Crippen molar-refractivity contribution in [1.29, 1.82) is 0 Å². The Balaban J connectivity index is 2.24. The molecule has 0 fully saturated rings. The molecular formula is C14H18BrFN2O. The molecule has 2 rings (SSSR count). The molecule has 0 spiro atoms. The van der Waals surface area contributed by atoms with Crippen molar-refractivity contribution >= 4 is 33.2 Å². The van der Waals surface area contributed by atoms with Gasteiger partial charge >= 0.3 is 0 Å². The molecule has 1 aromatic rings. The van der Waals surface area contributed by atoms with Crippen LogP contribution in [0.1, 0.15) is 27.2 Å². The highest BCUT2D eigenvalue weighted by Crippen LogP contribution is 2.33. The highest BCUT2D eigenvalue weighted by molar-refractivity contribution is 9.10. The Morgan fingerprint density at radius 3 is 2.68 bits per heavy atom. The molecule has 0 radical (unpaired) electrons. The van der Waals surface area contributed by atoms with E-state index >= 15 is 0 Å². The largest absolute Gasteiger partial charge is 0.382 e. The minimum Gasteiger partial charge on any atom is -0.382 e. The molecule has 1 aliphatic heterocycles. The molecule has 0 aromatic heterocycles. The number of hydrogen-bond donors (Lipinski definition) is 2. The van der Waals surface area contributed by atoms with Crippen molar-refractivity contribution in [3.05, 3.63) is 22.4 Å². The van der Waals surface area contributed by atoms with E-state index in [9.17, 15) is 9.18 Å². The van der Waals surface area contributed by atoms with E-state index in [1.807, 2.05) is 0 Å². The third-order valence-electron chi connectivity index (χ3n) is 3.09. The highest BCUT2D eigenvalue weighted by Gasteiger charge is 2.28. The molecule has 1 aliphatic rings. The SMILES string of the molecule is CC(C)(C)CC1CNc2cc(F)c(Br)cc2NC1=O. The van der Waals surface area contributed by atoms with E-state index in [0.717, 1.165) is 6.42 Å². The van der Waals surface area contributed by atoms with Gasteiger partial charge in [0.15, 0.2) is 0 Å². The number of nitrogens with one attached hydrogen (secondary N) is 2. The third-order valence-corrected chi connectivity index (χ3v) is 3.69. The minimum absolute atomic E-state index is 0.0142. The average Bonchev–Trinajstić information content (AvgIpc) is 2.40. The summed E-state index contributed by atoms with van der Waals surface area (Å²) in [5.74, 6) is -0.469. The van der Waals surface area contributed by atoms with Crippen molar-refractivity contribution in [3.63, 3.8) is 0 Å². The minimum atomic E-state index is -0.338. The molecule has 5 heteroatoms. The first-order chi connectivity index (χ1) is 8.76. The zero-order valence-electron chi connectivity index (χ0n) is 11.3. The summed E-state index contributed by atoms with van der Waals surface area (Å²) >= 11 is 3.13. The van der Waals surface area contributed by atoms with E-state index in [0.29, 0.717) is 22.4 Å². The molecule has 0 aliphatic carbocycles. The molecule has 1 atom stereocenters. The Labute approximate surface area is 121 Å². The molecule has 0 bridgehead atoms. The Hall–Kier alpha value is -1.10. The fraction of sp³-hybridized carbons (Fsp3) is 0.500. The zero-order valence-corrected chi connectivity index (χ0v) is 12.9. The summed E-state index contributed by atoms with van der Waals surface area (Å²) < 4.78 is 13.9. The van der Waals surface area contributed by atoms with Crippen molar-refractivity contribution in [2.75, 3.05) is 17.2 Å². The molecule has 19 heavy (non-hydrogen) atoms. The van der Waals surface area contributed by atoms with Gasteiger partial charge in [-0.2, -0.15) is 0 Å². The van der Waals surface area contributed by atoms with Crippen LogP contribution in [-0.2, 0) is 4.79 Å². The molecule has 3 nitrogen and oxygen atoms in total.